The summed E-state index contributed by atoms with van der Waals surface area (Å²) in [6, 6.07) is 0. The first-order valence-electron chi connectivity index (χ1n) is 44.5. The summed E-state index contributed by atoms with van der Waals surface area (Å²) in [6.45, 7) is 8.31. The summed E-state index contributed by atoms with van der Waals surface area (Å²) in [5.41, 5.74) is 0.469. The number of rotatable bonds is 25. The van der Waals surface area contributed by atoms with Crippen LogP contribution in [0.3, 0.4) is 0 Å². The molecular formula is C82H139N3O39. The molecule has 0 aromatic carbocycles. The summed E-state index contributed by atoms with van der Waals surface area (Å²) >= 11 is 0. The molecule has 21 saturated heterocycles. The van der Waals surface area contributed by atoms with Gasteiger partial charge < -0.3 is 189 Å². The van der Waals surface area contributed by atoms with Crippen LogP contribution in [-0.4, -0.2) is 425 Å². The van der Waals surface area contributed by atoms with Crippen molar-refractivity contribution in [2.24, 2.45) is 58.2 Å². The first-order chi connectivity index (χ1) is 59.1. The van der Waals surface area contributed by atoms with Gasteiger partial charge in [-0.3, -0.25) is 14.5 Å². The zero-order valence-electron chi connectivity index (χ0n) is 71.4. The molecule has 42 nitrogen and oxygen atoms in total. The fourth-order valence-corrected chi connectivity index (χ4v) is 21.7. The number of fused-ring (bicyclic) bond motifs is 5. The molecule has 0 aromatic heterocycles. The Kier molecular flexibility index (Phi) is 35.1. The van der Waals surface area contributed by atoms with E-state index in [-0.39, 0.29) is 49.4 Å². The van der Waals surface area contributed by atoms with Crippen molar-refractivity contribution in [3.63, 3.8) is 0 Å². The summed E-state index contributed by atoms with van der Waals surface area (Å²) in [7, 11) is 0. The van der Waals surface area contributed by atoms with Crippen molar-refractivity contribution in [2.75, 3.05) is 79.0 Å². The van der Waals surface area contributed by atoms with E-state index in [1.54, 1.807) is 0 Å². The smallest absolute Gasteiger partial charge is 0.410 e. The lowest BCUT2D eigenvalue weighted by molar-refractivity contribution is -0.396. The van der Waals surface area contributed by atoms with Crippen LogP contribution in [0.5, 0.6) is 0 Å². The SMILES string of the molecule is CCC(C)CNC(=O)CN(CCCNCC(=O)OCC1OC2OC3C(CO)OC(OC4C(CO)OC(OC5C(CO)OC(OC6C(CO)OC(OC7C(CO)OC(OC8C(CO)OC(OC1C(O)C2O)C(O)C8O)C(O)C7O)C(O)C6O)C(O)C5O)C(O)C4O)C(O)C3O)C(=O)OC1CCC2(C)C(CCC3C2CCC2(C)C(C(C)CCCC(C)C)CCC32)C1. The third kappa shape index (κ3) is 21.5. The molecule has 4 saturated carbocycles. The van der Waals surface area contributed by atoms with Gasteiger partial charge in [-0.15, -0.1) is 0 Å². The molecule has 14 bridgehead atoms. The van der Waals surface area contributed by atoms with Crippen molar-refractivity contribution < 1.29 is 192 Å². The maximum atomic E-state index is 14.4. The first-order valence-corrected chi connectivity index (χ1v) is 44.5. The molecule has 124 heavy (non-hydrogen) atoms. The number of hydrogen-bond donors (Lipinski definition) is 22. The molecule has 21 aliphatic heterocycles. The summed E-state index contributed by atoms with van der Waals surface area (Å²) in [6.07, 6.45) is -59.5. The van der Waals surface area contributed by atoms with Crippen molar-refractivity contribution in [3.05, 3.63) is 0 Å². The summed E-state index contributed by atoms with van der Waals surface area (Å²) in [5, 5.41) is 233. The molecule has 21 heterocycles. The first kappa shape index (κ1) is 99.8. The number of aliphatic hydroxyl groups excluding tert-OH is 20. The Morgan fingerprint density at radius 3 is 1.19 bits per heavy atom. The number of nitrogens with zero attached hydrogens (tertiary/aromatic N) is 1. The van der Waals surface area contributed by atoms with Crippen LogP contribution in [-0.2, 0) is 85.4 Å². The van der Waals surface area contributed by atoms with Crippen LogP contribution >= 0.6 is 0 Å². The molecule has 25 rings (SSSR count). The maximum absolute atomic E-state index is 14.4. The Morgan fingerprint density at radius 1 is 0.435 bits per heavy atom. The van der Waals surface area contributed by atoms with E-state index in [2.05, 4.69) is 45.3 Å². The zero-order chi connectivity index (χ0) is 89.8. The van der Waals surface area contributed by atoms with Gasteiger partial charge in [0.2, 0.25) is 5.91 Å². The van der Waals surface area contributed by atoms with E-state index in [0.29, 0.717) is 53.9 Å². The standard InChI is InChI=1S/C82H139N3O39/c1-8-35(4)24-84-50(92)26-85(80(108)110-38-17-19-81(6)37(23-38)13-14-39-41-16-15-40(36(5)12-9-11-34(2)3)82(41,7)20-18-42(39)81)22-10-21-83-25-51(93)109-33-49-72-58(100)65(107)79(117-49)123-71-48(32-91)115-77(63(105)56(71)98)121-69-46(30-89)113-75(61(103)54(69)96)119-67-44(28-87)111-73(59(101)52(67)94)118-66-43(27-86)112-74(60(102)53(66)95)120-68-45(29-88)114-76(62(104)55(68)97)122-70-47(31-90)116-78(124-72)64(106)57(70)99/h34-49,52-79,83,86-91,94-107H,8-33H2,1-7H3,(H,84,92). The van der Waals surface area contributed by atoms with E-state index in [0.717, 1.165) is 31.6 Å². The second-order valence-corrected chi connectivity index (χ2v) is 37.4. The summed E-state index contributed by atoms with van der Waals surface area (Å²) in [5.74, 6) is 3.32. The molecule has 25 fully saturated rings. The lowest BCUT2D eigenvalue weighted by Gasteiger charge is -2.61. The third-order valence-electron chi connectivity index (χ3n) is 29.1. The van der Waals surface area contributed by atoms with E-state index in [9.17, 15) is 117 Å². The Labute approximate surface area is 719 Å². The van der Waals surface area contributed by atoms with Crippen molar-refractivity contribution in [1.29, 1.82) is 0 Å². The number of nitrogens with one attached hydrogen (secondary N) is 2. The van der Waals surface area contributed by atoms with Gasteiger partial charge in [0.1, 0.15) is 190 Å². The summed E-state index contributed by atoms with van der Waals surface area (Å²) in [4.78, 5) is 43.2. The molecule has 45 unspecified atom stereocenters. The number of hydrogen-bond acceptors (Lipinski definition) is 40. The zero-order valence-corrected chi connectivity index (χ0v) is 71.4. The van der Waals surface area contributed by atoms with Crippen molar-refractivity contribution in [3.8, 4) is 0 Å². The molecule has 0 radical (unpaired) electrons. The van der Waals surface area contributed by atoms with Gasteiger partial charge in [-0.1, -0.05) is 74.1 Å². The fourth-order valence-electron chi connectivity index (χ4n) is 21.7. The van der Waals surface area contributed by atoms with Gasteiger partial charge in [-0.2, -0.15) is 0 Å². The van der Waals surface area contributed by atoms with Crippen LogP contribution in [0, 0.1) is 58.2 Å². The van der Waals surface area contributed by atoms with Crippen molar-refractivity contribution >= 4 is 18.0 Å². The number of ether oxygens (including phenoxy) is 16. The lowest BCUT2D eigenvalue weighted by Crippen LogP contribution is -2.68. The van der Waals surface area contributed by atoms with E-state index >= 15 is 0 Å². The highest BCUT2D eigenvalue weighted by atomic mass is 16.8. The average molecular weight is 1790 g/mol. The maximum Gasteiger partial charge on any atom is 0.410 e. The van der Waals surface area contributed by atoms with Crippen LogP contribution < -0.4 is 10.6 Å². The lowest BCUT2D eigenvalue weighted by atomic mass is 9.44. The predicted molar refractivity (Wildman–Crippen MR) is 417 cm³/mol. The number of aliphatic hydroxyl groups is 20. The van der Waals surface area contributed by atoms with Gasteiger partial charge in [-0.05, 0) is 129 Å². The van der Waals surface area contributed by atoms with E-state index in [1.807, 2.05) is 13.8 Å². The topological polar surface area (TPSA) is 631 Å². The van der Waals surface area contributed by atoms with Gasteiger partial charge in [0.25, 0.3) is 0 Å². The second-order valence-electron chi connectivity index (χ2n) is 37.4. The van der Waals surface area contributed by atoms with Crippen LogP contribution in [0.15, 0.2) is 0 Å². The molecule has 22 N–H and O–H groups in total. The van der Waals surface area contributed by atoms with E-state index < -0.39 is 280 Å². The number of carbonyl (C=O) groups is 3. The molecule has 25 aliphatic rings. The minimum Gasteiger partial charge on any atom is -0.462 e. The predicted octanol–water partition coefficient (Wildman–Crippen LogP) is -6.61. The molecule has 2 amide bonds. The highest BCUT2D eigenvalue weighted by Crippen LogP contribution is 2.69. The number of esters is 1. The molecular weight excluding hydrogens is 1650 g/mol. The molecule has 716 valence electrons. The van der Waals surface area contributed by atoms with Crippen molar-refractivity contribution in [2.45, 2.75) is 359 Å². The quantitative estimate of drug-likeness (QED) is 0.0298. The fraction of sp³-hybridized carbons (Fsp3) is 0.963. The van der Waals surface area contributed by atoms with Crippen LogP contribution in [0.1, 0.15) is 138 Å². The monoisotopic (exact) mass is 1790 g/mol. The van der Waals surface area contributed by atoms with Gasteiger partial charge in [0.05, 0.1) is 46.2 Å². The Morgan fingerprint density at radius 2 is 0.806 bits per heavy atom. The Balaban J connectivity index is 0.729. The van der Waals surface area contributed by atoms with Crippen molar-refractivity contribution in [1.82, 2.24) is 15.5 Å². The largest absolute Gasteiger partial charge is 0.462 e. The average Bonchev–Trinajstić information content (AvgIpc) is 1.45. The van der Waals surface area contributed by atoms with Gasteiger partial charge >= 0.3 is 12.1 Å². The van der Waals surface area contributed by atoms with Crippen LogP contribution in [0.4, 0.5) is 4.79 Å². The molecule has 0 spiro atoms. The second kappa shape index (κ2) is 43.7. The van der Waals surface area contributed by atoms with Gasteiger partial charge in [0, 0.05) is 13.1 Å². The molecule has 0 aromatic rings. The summed E-state index contributed by atoms with van der Waals surface area (Å²) < 4.78 is 94.1. The highest BCUT2D eigenvalue weighted by molar-refractivity contribution is 5.82. The van der Waals surface area contributed by atoms with Crippen LogP contribution in [0.25, 0.3) is 0 Å². The van der Waals surface area contributed by atoms with E-state index in [1.165, 1.54) is 56.3 Å². The number of amides is 2. The van der Waals surface area contributed by atoms with Gasteiger partial charge in [-0.25, -0.2) is 4.79 Å². The molecule has 4 aliphatic carbocycles. The number of carbonyl (C=O) groups excluding carboxylic acids is 3. The molecule has 42 heteroatoms. The van der Waals surface area contributed by atoms with Gasteiger partial charge in [0.15, 0.2) is 44.0 Å². The van der Waals surface area contributed by atoms with E-state index in [4.69, 9.17) is 75.8 Å². The molecule has 45 atom stereocenters. The normalized spacial score (nSPS) is 47.6. The Bertz CT molecular complexity index is 3320. The van der Waals surface area contributed by atoms with Crippen LogP contribution in [0.2, 0.25) is 0 Å². The minimum absolute atomic E-state index is 0.0225. The Hall–Kier alpha value is -3.19. The highest BCUT2D eigenvalue weighted by Gasteiger charge is 2.64. The third-order valence-corrected chi connectivity index (χ3v) is 29.1. The minimum atomic E-state index is -2.34.